The van der Waals surface area contributed by atoms with Gasteiger partial charge in [-0.05, 0) is 43.6 Å². The van der Waals surface area contributed by atoms with Crippen molar-refractivity contribution in [3.63, 3.8) is 0 Å². The van der Waals surface area contributed by atoms with E-state index in [0.29, 0.717) is 5.69 Å². The van der Waals surface area contributed by atoms with Crippen molar-refractivity contribution in [2.24, 2.45) is 11.8 Å². The number of nitrogens with zero attached hydrogens (tertiary/aromatic N) is 1. The maximum absolute atomic E-state index is 13.3. The van der Waals surface area contributed by atoms with E-state index < -0.39 is 5.82 Å². The van der Waals surface area contributed by atoms with Gasteiger partial charge in [0.1, 0.15) is 5.82 Å². The molecule has 2 saturated carbocycles. The Morgan fingerprint density at radius 1 is 1.17 bits per heavy atom. The zero-order chi connectivity index (χ0) is 12.7. The fourth-order valence-electron chi connectivity index (χ4n) is 2.32. The summed E-state index contributed by atoms with van der Waals surface area (Å²) in [7, 11) is 0. The van der Waals surface area contributed by atoms with Gasteiger partial charge in [0.2, 0.25) is 0 Å². The summed E-state index contributed by atoms with van der Waals surface area (Å²) in [5.74, 6) is 1.13. The molecular weight excluding hydrogens is 251 g/mol. The summed E-state index contributed by atoms with van der Waals surface area (Å²) >= 11 is 5.88. The fraction of sp³-hybridized carbons (Fsp3) is 0.571. The smallest absolute Gasteiger partial charge is 0.143 e. The van der Waals surface area contributed by atoms with Gasteiger partial charge in [-0.15, -0.1) is 0 Å². The summed E-state index contributed by atoms with van der Waals surface area (Å²) in [4.78, 5) is 2.30. The normalized spacial score (nSPS) is 19.0. The van der Waals surface area contributed by atoms with Crippen molar-refractivity contribution in [2.45, 2.75) is 25.7 Å². The number of hydrogen-bond donors (Lipinski definition) is 1. The van der Waals surface area contributed by atoms with Crippen LogP contribution in [0.25, 0.3) is 0 Å². The van der Waals surface area contributed by atoms with Gasteiger partial charge >= 0.3 is 0 Å². The summed E-state index contributed by atoms with van der Waals surface area (Å²) in [6, 6.07) is 3.02. The zero-order valence-corrected chi connectivity index (χ0v) is 11.1. The largest absolute Gasteiger partial charge is 0.397 e. The molecule has 3 rings (SSSR count). The molecule has 2 aliphatic carbocycles. The second-order valence-electron chi connectivity index (χ2n) is 5.62. The maximum atomic E-state index is 13.3. The van der Waals surface area contributed by atoms with Crippen molar-refractivity contribution in [3.05, 3.63) is 23.0 Å². The van der Waals surface area contributed by atoms with Crippen molar-refractivity contribution in [1.29, 1.82) is 0 Å². The molecule has 2 nitrogen and oxygen atoms in total. The lowest BCUT2D eigenvalue weighted by Crippen LogP contribution is -2.28. The molecule has 2 aliphatic rings. The van der Waals surface area contributed by atoms with E-state index in [0.717, 1.165) is 30.6 Å². The minimum absolute atomic E-state index is 0.163. The maximum Gasteiger partial charge on any atom is 0.143 e. The molecule has 0 bridgehead atoms. The number of nitrogen functional groups attached to an aromatic ring is 1. The predicted octanol–water partition coefficient (Wildman–Crippen LogP) is 3.69. The van der Waals surface area contributed by atoms with E-state index in [-0.39, 0.29) is 5.02 Å². The molecular formula is C14H18ClFN2. The Morgan fingerprint density at radius 3 is 2.22 bits per heavy atom. The highest BCUT2D eigenvalue weighted by Gasteiger charge is 2.30. The Balaban J connectivity index is 1.84. The standard InChI is InChI=1S/C14H18ClFN2/c15-11-5-14(13(17)6-12(11)16)18(7-9-1-2-9)8-10-3-4-10/h5-6,9-10H,1-4,7-8,17H2. The third-order valence-corrected chi connectivity index (χ3v) is 4.05. The van der Waals surface area contributed by atoms with Gasteiger partial charge in [0.05, 0.1) is 16.4 Å². The lowest BCUT2D eigenvalue weighted by atomic mass is 10.2. The van der Waals surface area contributed by atoms with E-state index in [9.17, 15) is 4.39 Å². The molecule has 1 aromatic carbocycles. The lowest BCUT2D eigenvalue weighted by molar-refractivity contribution is 0.627. The van der Waals surface area contributed by atoms with E-state index in [1.54, 1.807) is 6.07 Å². The van der Waals surface area contributed by atoms with Crippen LogP contribution in [-0.4, -0.2) is 13.1 Å². The Hall–Kier alpha value is -0.960. The van der Waals surface area contributed by atoms with E-state index >= 15 is 0 Å². The van der Waals surface area contributed by atoms with Gasteiger partial charge < -0.3 is 10.6 Å². The fourth-order valence-corrected chi connectivity index (χ4v) is 2.48. The molecule has 0 unspecified atom stereocenters. The highest BCUT2D eigenvalue weighted by Crippen LogP contribution is 2.38. The monoisotopic (exact) mass is 268 g/mol. The van der Waals surface area contributed by atoms with Crippen molar-refractivity contribution >= 4 is 23.0 Å². The first kappa shape index (κ1) is 12.1. The van der Waals surface area contributed by atoms with Crippen LogP contribution in [0.3, 0.4) is 0 Å². The zero-order valence-electron chi connectivity index (χ0n) is 10.3. The van der Waals surface area contributed by atoms with Crippen LogP contribution in [0.4, 0.5) is 15.8 Å². The summed E-state index contributed by atoms with van der Waals surface area (Å²) in [6.45, 7) is 2.06. The van der Waals surface area contributed by atoms with Crippen molar-refractivity contribution in [1.82, 2.24) is 0 Å². The number of hydrogen-bond acceptors (Lipinski definition) is 2. The number of halogens is 2. The molecule has 0 aliphatic heterocycles. The Kier molecular flexibility index (Phi) is 3.10. The van der Waals surface area contributed by atoms with Crippen LogP contribution in [0.5, 0.6) is 0 Å². The third kappa shape index (κ3) is 2.72. The van der Waals surface area contributed by atoms with Gasteiger partial charge in [0.15, 0.2) is 0 Å². The SMILES string of the molecule is Nc1cc(F)c(Cl)cc1N(CC1CC1)CC1CC1. The van der Waals surface area contributed by atoms with E-state index in [1.807, 2.05) is 0 Å². The van der Waals surface area contributed by atoms with Gasteiger partial charge in [-0.2, -0.15) is 0 Å². The number of rotatable bonds is 5. The molecule has 0 atom stereocenters. The van der Waals surface area contributed by atoms with Crippen LogP contribution in [0.15, 0.2) is 12.1 Å². The minimum Gasteiger partial charge on any atom is -0.397 e. The average molecular weight is 269 g/mol. The summed E-state index contributed by atoms with van der Waals surface area (Å²) < 4.78 is 13.3. The van der Waals surface area contributed by atoms with Crippen LogP contribution >= 0.6 is 11.6 Å². The van der Waals surface area contributed by atoms with Crippen LogP contribution < -0.4 is 10.6 Å². The first-order valence-electron chi connectivity index (χ1n) is 6.63. The molecule has 18 heavy (non-hydrogen) atoms. The second-order valence-corrected chi connectivity index (χ2v) is 6.02. The first-order chi connectivity index (χ1) is 8.63. The molecule has 0 spiro atoms. The third-order valence-electron chi connectivity index (χ3n) is 3.76. The van der Waals surface area contributed by atoms with Crippen LogP contribution in [0.1, 0.15) is 25.7 Å². The van der Waals surface area contributed by atoms with E-state index in [4.69, 9.17) is 17.3 Å². The summed E-state index contributed by atoms with van der Waals surface area (Å²) in [5, 5.41) is 0.163. The van der Waals surface area contributed by atoms with Crippen LogP contribution in [0, 0.1) is 17.7 Å². The number of anilines is 2. The molecule has 0 radical (unpaired) electrons. The molecule has 0 amide bonds. The topological polar surface area (TPSA) is 29.3 Å². The van der Waals surface area contributed by atoms with Crippen LogP contribution in [-0.2, 0) is 0 Å². The highest BCUT2D eigenvalue weighted by molar-refractivity contribution is 6.31. The quantitative estimate of drug-likeness (QED) is 0.826. The molecule has 0 saturated heterocycles. The summed E-state index contributed by atoms with van der Waals surface area (Å²) in [5.41, 5.74) is 7.34. The van der Waals surface area contributed by atoms with Gasteiger partial charge in [-0.25, -0.2) is 4.39 Å². The van der Waals surface area contributed by atoms with Crippen LogP contribution in [0.2, 0.25) is 5.02 Å². The molecule has 4 heteroatoms. The Morgan fingerprint density at radius 2 is 1.72 bits per heavy atom. The molecule has 2 fully saturated rings. The van der Waals surface area contributed by atoms with Gasteiger partial charge in [0.25, 0.3) is 0 Å². The number of nitrogens with two attached hydrogens (primary N) is 1. The van der Waals surface area contributed by atoms with Gasteiger partial charge in [-0.1, -0.05) is 11.6 Å². The van der Waals surface area contributed by atoms with E-state index in [1.165, 1.54) is 31.7 Å². The predicted molar refractivity (Wildman–Crippen MR) is 73.5 cm³/mol. The number of benzene rings is 1. The second kappa shape index (κ2) is 4.61. The minimum atomic E-state index is -0.435. The van der Waals surface area contributed by atoms with E-state index in [2.05, 4.69) is 4.90 Å². The van der Waals surface area contributed by atoms with Gasteiger partial charge in [0, 0.05) is 19.2 Å². The Labute approximate surface area is 112 Å². The molecule has 2 N–H and O–H groups in total. The molecule has 0 aromatic heterocycles. The van der Waals surface area contributed by atoms with Gasteiger partial charge in [-0.3, -0.25) is 0 Å². The molecule has 1 aromatic rings. The van der Waals surface area contributed by atoms with Crippen molar-refractivity contribution in [3.8, 4) is 0 Å². The average Bonchev–Trinajstić information content (AvgIpc) is 3.17. The first-order valence-corrected chi connectivity index (χ1v) is 7.00. The highest BCUT2D eigenvalue weighted by atomic mass is 35.5. The lowest BCUT2D eigenvalue weighted by Gasteiger charge is -2.26. The van der Waals surface area contributed by atoms with Crippen molar-refractivity contribution in [2.75, 3.05) is 23.7 Å². The molecule has 98 valence electrons. The summed E-state index contributed by atoms with van der Waals surface area (Å²) in [6.07, 6.45) is 5.21. The van der Waals surface area contributed by atoms with Crippen molar-refractivity contribution < 1.29 is 4.39 Å². The Bertz CT molecular complexity index is 441. The molecule has 0 heterocycles.